The van der Waals surface area contributed by atoms with E-state index in [-0.39, 0.29) is 5.41 Å². The number of aromatic nitrogens is 3. The largest absolute Gasteiger partial charge is 0.208 e. The molecule has 51 heavy (non-hydrogen) atoms. The zero-order chi connectivity index (χ0) is 34.4. The first-order chi connectivity index (χ1) is 25.0. The SMILES string of the molecule is CC1(C)c2ccccc2-c2c(-c3ccc(-c4nc(-c5cccc(-c6ccccc6)c5)nc(-c5cccc(-c6ccccc6)c5)n4)cc3)cccc21. The number of nitrogens with zero attached hydrogens (tertiary/aromatic N) is 3. The highest BCUT2D eigenvalue weighted by Crippen LogP contribution is 2.52. The van der Waals surface area contributed by atoms with E-state index in [9.17, 15) is 0 Å². The maximum Gasteiger partial charge on any atom is 0.164 e. The number of hydrogen-bond acceptors (Lipinski definition) is 3. The minimum Gasteiger partial charge on any atom is -0.208 e. The molecule has 1 aromatic heterocycles. The maximum absolute atomic E-state index is 5.10. The van der Waals surface area contributed by atoms with Gasteiger partial charge in [0.2, 0.25) is 0 Å². The lowest BCUT2D eigenvalue weighted by Crippen LogP contribution is -2.14. The van der Waals surface area contributed by atoms with E-state index in [0.29, 0.717) is 17.5 Å². The maximum atomic E-state index is 5.10. The lowest BCUT2D eigenvalue weighted by molar-refractivity contribution is 0.660. The molecule has 0 bridgehead atoms. The van der Waals surface area contributed by atoms with Crippen molar-refractivity contribution in [3.05, 3.63) is 187 Å². The standard InChI is InChI=1S/C48H35N3/c1-48(2)42-24-10-9-22-41(42)44-40(23-13-25-43(44)48)34-26-28-35(29-27-34)45-49-46(38-20-11-18-36(30-38)32-14-5-3-6-15-32)51-47(50-45)39-21-12-19-37(31-39)33-16-7-4-8-17-33/h3-31H,1-2H3. The Labute approximate surface area is 299 Å². The molecule has 0 spiro atoms. The summed E-state index contributed by atoms with van der Waals surface area (Å²) < 4.78 is 0. The number of hydrogen-bond donors (Lipinski definition) is 0. The first kappa shape index (κ1) is 30.6. The minimum atomic E-state index is -0.0464. The summed E-state index contributed by atoms with van der Waals surface area (Å²) in [5.74, 6) is 1.92. The van der Waals surface area contributed by atoms with Crippen LogP contribution in [0.2, 0.25) is 0 Å². The molecular weight excluding hydrogens is 619 g/mol. The third-order valence-corrected chi connectivity index (χ3v) is 10.2. The molecule has 0 unspecified atom stereocenters. The first-order valence-electron chi connectivity index (χ1n) is 17.4. The molecule has 0 radical (unpaired) electrons. The number of fused-ring (bicyclic) bond motifs is 3. The van der Waals surface area contributed by atoms with Crippen LogP contribution in [0.1, 0.15) is 25.0 Å². The zero-order valence-electron chi connectivity index (χ0n) is 28.6. The lowest BCUT2D eigenvalue weighted by Gasteiger charge is -2.21. The Hall–Kier alpha value is -6.45. The molecule has 3 heteroatoms. The van der Waals surface area contributed by atoms with Gasteiger partial charge in [0.15, 0.2) is 17.5 Å². The quantitative estimate of drug-likeness (QED) is 0.179. The van der Waals surface area contributed by atoms with Gasteiger partial charge < -0.3 is 0 Å². The zero-order valence-corrected chi connectivity index (χ0v) is 28.6. The van der Waals surface area contributed by atoms with Gasteiger partial charge in [0.25, 0.3) is 0 Å². The Morgan fingerprint density at radius 3 is 1.31 bits per heavy atom. The Morgan fingerprint density at radius 2 is 0.725 bits per heavy atom. The summed E-state index contributed by atoms with van der Waals surface area (Å²) in [5, 5.41) is 0. The number of rotatable bonds is 6. The van der Waals surface area contributed by atoms with Crippen molar-refractivity contribution in [1.29, 1.82) is 0 Å². The smallest absolute Gasteiger partial charge is 0.164 e. The van der Waals surface area contributed by atoms with Crippen LogP contribution in [0.25, 0.3) is 78.7 Å². The van der Waals surface area contributed by atoms with Crippen LogP contribution in [-0.4, -0.2) is 15.0 Å². The molecule has 0 amide bonds. The third-order valence-electron chi connectivity index (χ3n) is 10.2. The van der Waals surface area contributed by atoms with Gasteiger partial charge >= 0.3 is 0 Å². The molecule has 0 saturated heterocycles. The summed E-state index contributed by atoms with van der Waals surface area (Å²) in [5.41, 5.74) is 15.1. The van der Waals surface area contributed by atoms with Gasteiger partial charge in [0, 0.05) is 22.1 Å². The fourth-order valence-corrected chi connectivity index (χ4v) is 7.49. The summed E-state index contributed by atoms with van der Waals surface area (Å²) in [7, 11) is 0. The molecule has 0 fully saturated rings. The fourth-order valence-electron chi connectivity index (χ4n) is 7.49. The molecule has 0 saturated carbocycles. The molecule has 1 aliphatic carbocycles. The van der Waals surface area contributed by atoms with Crippen LogP contribution in [0.3, 0.4) is 0 Å². The van der Waals surface area contributed by atoms with Gasteiger partial charge in [-0.25, -0.2) is 15.0 Å². The molecule has 1 aliphatic rings. The predicted octanol–water partition coefficient (Wildman–Crippen LogP) is 12.2. The van der Waals surface area contributed by atoms with Crippen LogP contribution >= 0.6 is 0 Å². The average molecular weight is 654 g/mol. The molecule has 9 rings (SSSR count). The van der Waals surface area contributed by atoms with Gasteiger partial charge in [-0.05, 0) is 67.8 Å². The van der Waals surface area contributed by atoms with Crippen molar-refractivity contribution in [2.45, 2.75) is 19.3 Å². The van der Waals surface area contributed by atoms with Gasteiger partial charge in [0.1, 0.15) is 0 Å². The Morgan fingerprint density at radius 1 is 0.314 bits per heavy atom. The highest BCUT2D eigenvalue weighted by molar-refractivity contribution is 5.92. The van der Waals surface area contributed by atoms with E-state index in [4.69, 9.17) is 15.0 Å². The summed E-state index contributed by atoms with van der Waals surface area (Å²) in [6.07, 6.45) is 0. The lowest BCUT2D eigenvalue weighted by atomic mass is 9.82. The third kappa shape index (κ3) is 5.53. The Balaban J connectivity index is 1.16. The van der Waals surface area contributed by atoms with E-state index < -0.39 is 0 Å². The molecule has 0 N–H and O–H groups in total. The van der Waals surface area contributed by atoms with E-state index in [1.165, 1.54) is 33.4 Å². The van der Waals surface area contributed by atoms with Crippen molar-refractivity contribution in [2.24, 2.45) is 0 Å². The highest BCUT2D eigenvalue weighted by Gasteiger charge is 2.36. The van der Waals surface area contributed by atoms with E-state index in [1.807, 2.05) is 12.1 Å². The van der Waals surface area contributed by atoms with Gasteiger partial charge in [-0.3, -0.25) is 0 Å². The van der Waals surface area contributed by atoms with E-state index in [2.05, 4.69) is 178 Å². The Kier molecular flexibility index (Phi) is 7.48. The molecule has 242 valence electrons. The van der Waals surface area contributed by atoms with Crippen molar-refractivity contribution in [2.75, 3.05) is 0 Å². The summed E-state index contributed by atoms with van der Waals surface area (Å²) in [6.45, 7) is 4.65. The van der Waals surface area contributed by atoms with Crippen molar-refractivity contribution in [1.82, 2.24) is 15.0 Å². The highest BCUT2D eigenvalue weighted by atomic mass is 15.0. The molecule has 7 aromatic carbocycles. The van der Waals surface area contributed by atoms with Crippen molar-refractivity contribution in [3.63, 3.8) is 0 Å². The summed E-state index contributed by atoms with van der Waals surface area (Å²) in [4.78, 5) is 15.3. The topological polar surface area (TPSA) is 38.7 Å². The van der Waals surface area contributed by atoms with E-state index in [1.54, 1.807) is 0 Å². The normalized spacial score (nSPS) is 12.7. The second-order valence-corrected chi connectivity index (χ2v) is 13.7. The fraction of sp³-hybridized carbons (Fsp3) is 0.0625. The average Bonchev–Trinajstić information content (AvgIpc) is 3.44. The van der Waals surface area contributed by atoms with E-state index in [0.717, 1.165) is 38.9 Å². The minimum absolute atomic E-state index is 0.0464. The van der Waals surface area contributed by atoms with Crippen LogP contribution in [0, 0.1) is 0 Å². The summed E-state index contributed by atoms with van der Waals surface area (Å²) >= 11 is 0. The molecule has 0 atom stereocenters. The van der Waals surface area contributed by atoms with Crippen LogP contribution in [0.15, 0.2) is 176 Å². The van der Waals surface area contributed by atoms with Crippen LogP contribution in [0.4, 0.5) is 0 Å². The predicted molar refractivity (Wildman–Crippen MR) is 210 cm³/mol. The second kappa shape index (κ2) is 12.5. The molecular formula is C48H35N3. The van der Waals surface area contributed by atoms with E-state index >= 15 is 0 Å². The number of benzene rings is 7. The molecule has 0 aliphatic heterocycles. The first-order valence-corrected chi connectivity index (χ1v) is 17.4. The van der Waals surface area contributed by atoms with Gasteiger partial charge in [0.05, 0.1) is 0 Å². The van der Waals surface area contributed by atoms with Crippen molar-refractivity contribution in [3.8, 4) is 78.7 Å². The Bertz CT molecular complexity index is 2430. The monoisotopic (exact) mass is 653 g/mol. The molecule has 8 aromatic rings. The van der Waals surface area contributed by atoms with Gasteiger partial charge in [-0.15, -0.1) is 0 Å². The van der Waals surface area contributed by atoms with Crippen LogP contribution in [-0.2, 0) is 5.41 Å². The van der Waals surface area contributed by atoms with Gasteiger partial charge in [-0.2, -0.15) is 0 Å². The van der Waals surface area contributed by atoms with Crippen molar-refractivity contribution >= 4 is 0 Å². The summed E-state index contributed by atoms with van der Waals surface area (Å²) in [6, 6.07) is 61.9. The van der Waals surface area contributed by atoms with Gasteiger partial charge in [-0.1, -0.05) is 178 Å². The van der Waals surface area contributed by atoms with Crippen molar-refractivity contribution < 1.29 is 0 Å². The second-order valence-electron chi connectivity index (χ2n) is 13.7. The molecule has 1 heterocycles. The van der Waals surface area contributed by atoms with Crippen LogP contribution < -0.4 is 0 Å². The van der Waals surface area contributed by atoms with Crippen LogP contribution in [0.5, 0.6) is 0 Å². The molecule has 3 nitrogen and oxygen atoms in total.